The van der Waals surface area contributed by atoms with Gasteiger partial charge in [-0.05, 0) is 35.4 Å². The highest BCUT2D eigenvalue weighted by Crippen LogP contribution is 2.31. The van der Waals surface area contributed by atoms with E-state index >= 15 is 0 Å². The number of hydrogen-bond donors (Lipinski definition) is 0. The molecule has 4 nitrogen and oxygen atoms in total. The van der Waals surface area contributed by atoms with E-state index in [0.29, 0.717) is 30.3 Å². The van der Waals surface area contributed by atoms with Gasteiger partial charge in [0.15, 0.2) is 11.5 Å². The summed E-state index contributed by atoms with van der Waals surface area (Å²) in [5.41, 5.74) is 0.723. The Hall–Kier alpha value is -2.70. The molecule has 0 atom stereocenters. The zero-order valence-electron chi connectivity index (χ0n) is 14.2. The topological polar surface area (TPSA) is 38.8 Å². The quantitative estimate of drug-likeness (QED) is 0.830. The van der Waals surface area contributed by atoms with Crippen molar-refractivity contribution in [1.29, 1.82) is 0 Å². The van der Waals surface area contributed by atoms with Crippen LogP contribution in [-0.4, -0.2) is 31.1 Å². The minimum atomic E-state index is -4.36. The minimum absolute atomic E-state index is 0.137. The summed E-state index contributed by atoms with van der Waals surface area (Å²) in [6.07, 6.45) is -4.19. The highest BCUT2D eigenvalue weighted by Gasteiger charge is 2.30. The van der Waals surface area contributed by atoms with Gasteiger partial charge < -0.3 is 14.4 Å². The van der Waals surface area contributed by atoms with E-state index in [2.05, 4.69) is 0 Å². The fraction of sp³-hybridized carbons (Fsp3) is 0.316. The Bertz CT molecular complexity index is 788. The Kier molecular flexibility index (Phi) is 5.06. The van der Waals surface area contributed by atoms with E-state index in [1.54, 1.807) is 25.2 Å². The summed E-state index contributed by atoms with van der Waals surface area (Å²) < 4.78 is 48.7. The number of benzene rings is 2. The molecule has 0 aliphatic carbocycles. The molecule has 0 radical (unpaired) electrons. The van der Waals surface area contributed by atoms with Crippen LogP contribution in [0.3, 0.4) is 0 Å². The number of alkyl halides is 3. The summed E-state index contributed by atoms with van der Waals surface area (Å²) >= 11 is 0. The van der Waals surface area contributed by atoms with Gasteiger partial charge in [-0.15, -0.1) is 0 Å². The Labute approximate surface area is 149 Å². The molecule has 3 rings (SSSR count). The predicted molar refractivity (Wildman–Crippen MR) is 89.1 cm³/mol. The Morgan fingerprint density at radius 3 is 2.27 bits per heavy atom. The van der Waals surface area contributed by atoms with E-state index in [1.807, 2.05) is 0 Å². The lowest BCUT2D eigenvalue weighted by Crippen LogP contribution is -2.27. The molecule has 1 heterocycles. The van der Waals surface area contributed by atoms with Crippen LogP contribution >= 0.6 is 0 Å². The number of fused-ring (bicyclic) bond motifs is 1. The molecule has 0 aromatic heterocycles. The molecule has 26 heavy (non-hydrogen) atoms. The first-order valence-electron chi connectivity index (χ1n) is 8.11. The van der Waals surface area contributed by atoms with Crippen molar-refractivity contribution in [3.05, 3.63) is 59.2 Å². The molecule has 0 saturated heterocycles. The van der Waals surface area contributed by atoms with Gasteiger partial charge in [0.2, 0.25) is 5.91 Å². The van der Waals surface area contributed by atoms with E-state index in [4.69, 9.17) is 9.47 Å². The van der Waals surface area contributed by atoms with Crippen LogP contribution < -0.4 is 9.47 Å². The third-order valence-electron chi connectivity index (χ3n) is 4.09. The molecule has 0 fully saturated rings. The molecular formula is C19H18F3NO3. The number of carbonyl (C=O) groups excluding carboxylic acids is 1. The summed E-state index contributed by atoms with van der Waals surface area (Å²) in [5.74, 6) is 1.14. The second kappa shape index (κ2) is 7.27. The number of halogens is 3. The number of amides is 1. The second-order valence-electron chi connectivity index (χ2n) is 6.10. The fourth-order valence-electron chi connectivity index (χ4n) is 2.67. The number of rotatable bonds is 4. The minimum Gasteiger partial charge on any atom is -0.486 e. The van der Waals surface area contributed by atoms with Crippen molar-refractivity contribution in [3.8, 4) is 11.5 Å². The van der Waals surface area contributed by atoms with Crippen LogP contribution in [0.15, 0.2) is 42.5 Å². The molecule has 7 heteroatoms. The summed E-state index contributed by atoms with van der Waals surface area (Å²) in [7, 11) is 1.62. The van der Waals surface area contributed by atoms with Crippen molar-refractivity contribution < 1.29 is 27.4 Å². The molecule has 0 bridgehead atoms. The highest BCUT2D eigenvalue weighted by molar-refractivity contribution is 5.78. The normalized spacial score (nSPS) is 13.4. The number of carbonyl (C=O) groups is 1. The van der Waals surface area contributed by atoms with Gasteiger partial charge in [0.25, 0.3) is 0 Å². The van der Waals surface area contributed by atoms with Gasteiger partial charge in [0, 0.05) is 13.6 Å². The van der Waals surface area contributed by atoms with Crippen LogP contribution in [-0.2, 0) is 23.9 Å². The van der Waals surface area contributed by atoms with Crippen molar-refractivity contribution in [2.24, 2.45) is 0 Å². The van der Waals surface area contributed by atoms with Gasteiger partial charge in [0.1, 0.15) is 13.2 Å². The van der Waals surface area contributed by atoms with Gasteiger partial charge in [0.05, 0.1) is 12.0 Å². The molecular weight excluding hydrogens is 347 g/mol. The lowest BCUT2D eigenvalue weighted by atomic mass is 10.1. The third-order valence-corrected chi connectivity index (χ3v) is 4.09. The largest absolute Gasteiger partial charge is 0.486 e. The van der Waals surface area contributed by atoms with Gasteiger partial charge in [-0.25, -0.2) is 0 Å². The molecule has 1 amide bonds. The first-order valence-corrected chi connectivity index (χ1v) is 8.11. The molecule has 0 N–H and O–H groups in total. The SMILES string of the molecule is CN(Cc1ccc(C(F)(F)F)cc1)C(=O)Cc1ccc2c(c1)OCCO2. The van der Waals surface area contributed by atoms with Crippen LogP contribution in [0, 0.1) is 0 Å². The van der Waals surface area contributed by atoms with Crippen LogP contribution in [0.25, 0.3) is 0 Å². The number of likely N-dealkylation sites (N-methyl/N-ethyl adjacent to an activating group) is 1. The Balaban J connectivity index is 1.61. The van der Waals surface area contributed by atoms with Gasteiger partial charge in [-0.1, -0.05) is 18.2 Å². The molecule has 138 valence electrons. The molecule has 0 unspecified atom stereocenters. The van der Waals surface area contributed by atoms with E-state index in [-0.39, 0.29) is 18.9 Å². The summed E-state index contributed by atoms with van der Waals surface area (Å²) in [4.78, 5) is 13.9. The first-order chi connectivity index (χ1) is 12.3. The summed E-state index contributed by atoms with van der Waals surface area (Å²) in [5, 5.41) is 0. The Morgan fingerprint density at radius 2 is 1.62 bits per heavy atom. The van der Waals surface area contributed by atoms with Gasteiger partial charge in [-0.2, -0.15) is 13.2 Å². The molecule has 0 spiro atoms. The van der Waals surface area contributed by atoms with E-state index in [1.165, 1.54) is 17.0 Å². The van der Waals surface area contributed by atoms with Crippen molar-refractivity contribution in [1.82, 2.24) is 4.90 Å². The number of nitrogens with zero attached hydrogens (tertiary/aromatic N) is 1. The van der Waals surface area contributed by atoms with Crippen LogP contribution in [0.1, 0.15) is 16.7 Å². The lowest BCUT2D eigenvalue weighted by Gasteiger charge is -2.20. The molecule has 1 aliphatic rings. The van der Waals surface area contributed by atoms with Crippen LogP contribution in [0.2, 0.25) is 0 Å². The maximum Gasteiger partial charge on any atom is 0.416 e. The van der Waals surface area contributed by atoms with E-state index < -0.39 is 11.7 Å². The van der Waals surface area contributed by atoms with Crippen molar-refractivity contribution in [2.75, 3.05) is 20.3 Å². The van der Waals surface area contributed by atoms with Gasteiger partial charge in [-0.3, -0.25) is 4.79 Å². The van der Waals surface area contributed by atoms with Crippen molar-refractivity contribution >= 4 is 5.91 Å². The highest BCUT2D eigenvalue weighted by atomic mass is 19.4. The third kappa shape index (κ3) is 4.28. The van der Waals surface area contributed by atoms with E-state index in [0.717, 1.165) is 17.7 Å². The molecule has 0 saturated carbocycles. The number of ether oxygens (including phenoxy) is 2. The number of hydrogen-bond acceptors (Lipinski definition) is 3. The fourth-order valence-corrected chi connectivity index (χ4v) is 2.67. The lowest BCUT2D eigenvalue weighted by molar-refractivity contribution is -0.137. The maximum absolute atomic E-state index is 12.6. The summed E-state index contributed by atoms with van der Waals surface area (Å²) in [6, 6.07) is 10.2. The molecule has 2 aromatic carbocycles. The average Bonchev–Trinajstić information content (AvgIpc) is 2.61. The monoisotopic (exact) mass is 365 g/mol. The van der Waals surface area contributed by atoms with Crippen LogP contribution in [0.5, 0.6) is 11.5 Å². The summed E-state index contributed by atoms with van der Waals surface area (Å²) in [6.45, 7) is 1.21. The first kappa shape index (κ1) is 18.1. The maximum atomic E-state index is 12.6. The standard InChI is InChI=1S/C19H18F3NO3/c1-23(12-13-2-5-15(6-3-13)19(20,21)22)18(24)11-14-4-7-16-17(10-14)26-9-8-25-16/h2-7,10H,8-9,11-12H2,1H3. The van der Waals surface area contributed by atoms with Crippen LogP contribution in [0.4, 0.5) is 13.2 Å². The average molecular weight is 365 g/mol. The molecule has 1 aliphatic heterocycles. The zero-order chi connectivity index (χ0) is 18.7. The van der Waals surface area contributed by atoms with Gasteiger partial charge >= 0.3 is 6.18 Å². The molecule has 2 aromatic rings. The smallest absolute Gasteiger partial charge is 0.416 e. The van der Waals surface area contributed by atoms with Crippen molar-refractivity contribution in [3.63, 3.8) is 0 Å². The van der Waals surface area contributed by atoms with Crippen molar-refractivity contribution in [2.45, 2.75) is 19.1 Å². The second-order valence-corrected chi connectivity index (χ2v) is 6.10. The van der Waals surface area contributed by atoms with E-state index in [9.17, 15) is 18.0 Å². The zero-order valence-corrected chi connectivity index (χ0v) is 14.2. The Morgan fingerprint density at radius 1 is 1.00 bits per heavy atom. The predicted octanol–water partition coefficient (Wildman–Crippen LogP) is 3.68.